The first-order valence-corrected chi connectivity index (χ1v) is 14.0. The molecule has 0 bridgehead atoms. The fraction of sp³-hybridized carbons (Fsp3) is 0.364. The lowest BCUT2D eigenvalue weighted by Crippen LogP contribution is -2.41. The van der Waals surface area contributed by atoms with Gasteiger partial charge in [-0.3, -0.25) is 9.59 Å². The largest absolute Gasteiger partial charge is 0.492 e. The van der Waals surface area contributed by atoms with E-state index in [-0.39, 0.29) is 17.6 Å². The number of ketones is 1. The van der Waals surface area contributed by atoms with Gasteiger partial charge in [0.25, 0.3) is 0 Å². The zero-order valence-corrected chi connectivity index (χ0v) is 23.3. The number of hydrogen-bond acceptors (Lipinski definition) is 6. The molecule has 0 aromatic heterocycles. The molecule has 0 unspecified atom stereocenters. The van der Waals surface area contributed by atoms with Crippen molar-refractivity contribution < 1.29 is 23.9 Å². The number of esters is 1. The van der Waals surface area contributed by atoms with Gasteiger partial charge < -0.3 is 19.7 Å². The molecule has 0 heterocycles. The van der Waals surface area contributed by atoms with E-state index in [1.165, 1.54) is 7.11 Å². The Bertz CT molecular complexity index is 1270. The van der Waals surface area contributed by atoms with Crippen molar-refractivity contribution in [2.24, 2.45) is 5.92 Å². The molecular formula is C33H38N2O5. The summed E-state index contributed by atoms with van der Waals surface area (Å²) in [6.45, 7) is 3.83. The van der Waals surface area contributed by atoms with Crippen molar-refractivity contribution in [1.29, 1.82) is 0 Å². The first kappa shape index (κ1) is 28.9. The predicted octanol–water partition coefficient (Wildman–Crippen LogP) is 5.53. The van der Waals surface area contributed by atoms with Gasteiger partial charge in [0.1, 0.15) is 18.4 Å². The zero-order valence-electron chi connectivity index (χ0n) is 23.3. The van der Waals surface area contributed by atoms with Gasteiger partial charge in [0.15, 0.2) is 5.78 Å². The second kappa shape index (κ2) is 14.3. The Morgan fingerprint density at radius 1 is 0.925 bits per heavy atom. The van der Waals surface area contributed by atoms with Crippen molar-refractivity contribution in [2.75, 3.05) is 32.1 Å². The van der Waals surface area contributed by atoms with Crippen LogP contribution in [-0.4, -0.2) is 55.4 Å². The third-order valence-electron chi connectivity index (χ3n) is 7.28. The minimum absolute atomic E-state index is 0.124. The zero-order chi connectivity index (χ0) is 28.3. The maximum atomic E-state index is 13.1. The van der Waals surface area contributed by atoms with Crippen molar-refractivity contribution in [3.8, 4) is 5.75 Å². The van der Waals surface area contributed by atoms with Crippen molar-refractivity contribution in [3.63, 3.8) is 0 Å². The summed E-state index contributed by atoms with van der Waals surface area (Å²) in [4.78, 5) is 40.4. The number of amides is 1. The number of nitrogens with one attached hydrogen (secondary N) is 1. The van der Waals surface area contributed by atoms with Crippen LogP contribution in [0.5, 0.6) is 5.75 Å². The maximum absolute atomic E-state index is 13.1. The van der Waals surface area contributed by atoms with Crippen LogP contribution < -0.4 is 10.1 Å². The highest BCUT2D eigenvalue weighted by molar-refractivity contribution is 6.12. The minimum Gasteiger partial charge on any atom is -0.492 e. The van der Waals surface area contributed by atoms with Crippen molar-refractivity contribution in [2.45, 2.75) is 45.1 Å². The van der Waals surface area contributed by atoms with Gasteiger partial charge in [0.2, 0.25) is 5.91 Å². The molecule has 1 atom stereocenters. The molecule has 3 aromatic rings. The summed E-state index contributed by atoms with van der Waals surface area (Å²) >= 11 is 0. The average molecular weight is 543 g/mol. The van der Waals surface area contributed by atoms with Gasteiger partial charge in [-0.2, -0.15) is 0 Å². The van der Waals surface area contributed by atoms with Gasteiger partial charge >= 0.3 is 5.97 Å². The third-order valence-corrected chi connectivity index (χ3v) is 7.28. The van der Waals surface area contributed by atoms with Gasteiger partial charge in [0.05, 0.1) is 13.7 Å². The highest BCUT2D eigenvalue weighted by Crippen LogP contribution is 2.28. The molecule has 1 N–H and O–H groups in total. The number of rotatable bonds is 14. The Morgan fingerprint density at radius 2 is 1.62 bits per heavy atom. The Labute approximate surface area is 236 Å². The molecule has 40 heavy (non-hydrogen) atoms. The van der Waals surface area contributed by atoms with E-state index in [9.17, 15) is 14.4 Å². The minimum atomic E-state index is -0.693. The van der Waals surface area contributed by atoms with Gasteiger partial charge in [-0.05, 0) is 49.1 Å². The summed E-state index contributed by atoms with van der Waals surface area (Å²) in [5.41, 5.74) is 2.54. The maximum Gasteiger partial charge on any atom is 0.328 e. The van der Waals surface area contributed by atoms with E-state index >= 15 is 0 Å². The van der Waals surface area contributed by atoms with E-state index < -0.39 is 12.0 Å². The highest BCUT2D eigenvalue weighted by atomic mass is 16.5. The SMILES string of the molecule is CCCN(CCOc1ccc(C[C@H](Nc2ccccc2C(=O)c2ccccc2)C(=O)OC)cc1)C(=O)C1CCC1. The Morgan fingerprint density at radius 3 is 2.27 bits per heavy atom. The molecule has 0 aliphatic heterocycles. The summed E-state index contributed by atoms with van der Waals surface area (Å²) in [5, 5.41) is 3.24. The van der Waals surface area contributed by atoms with Crippen LogP contribution in [0, 0.1) is 5.92 Å². The number of hydrogen-bond donors (Lipinski definition) is 1. The topological polar surface area (TPSA) is 84.9 Å². The van der Waals surface area contributed by atoms with Crippen molar-refractivity contribution in [1.82, 2.24) is 4.90 Å². The summed E-state index contributed by atoms with van der Waals surface area (Å²) < 4.78 is 11.0. The molecule has 1 fully saturated rings. The molecule has 1 saturated carbocycles. The molecular weight excluding hydrogens is 504 g/mol. The first-order chi connectivity index (χ1) is 19.5. The predicted molar refractivity (Wildman–Crippen MR) is 156 cm³/mol. The number of benzene rings is 3. The molecule has 1 amide bonds. The standard InChI is InChI=1S/C33H38N2O5/c1-3-20-35(32(37)26-12-9-13-26)21-22-40-27-18-16-24(17-19-27)23-30(33(38)39-2)34-29-15-8-7-14-28(29)31(36)25-10-5-4-6-11-25/h4-8,10-11,14-19,26,30,34H,3,9,12-13,20-23H2,1-2H3/t30-/m0/s1. The van der Waals surface area contributed by atoms with Crippen LogP contribution in [-0.2, 0) is 20.7 Å². The van der Waals surface area contributed by atoms with E-state index in [0.29, 0.717) is 42.1 Å². The van der Waals surface area contributed by atoms with Crippen LogP contribution in [0.3, 0.4) is 0 Å². The summed E-state index contributed by atoms with van der Waals surface area (Å²) in [7, 11) is 1.35. The number of ether oxygens (including phenoxy) is 2. The Hall–Kier alpha value is -4.13. The van der Waals surface area contributed by atoms with E-state index in [2.05, 4.69) is 12.2 Å². The lowest BCUT2D eigenvalue weighted by molar-refractivity contribution is -0.141. The van der Waals surface area contributed by atoms with Crippen molar-refractivity contribution >= 4 is 23.3 Å². The summed E-state index contributed by atoms with van der Waals surface area (Å²) in [6, 6.07) is 23.1. The second-order valence-electron chi connectivity index (χ2n) is 10.1. The van der Waals surface area contributed by atoms with Gasteiger partial charge in [-0.25, -0.2) is 4.79 Å². The number of carbonyl (C=O) groups excluding carboxylic acids is 3. The molecule has 7 heteroatoms. The number of methoxy groups -OCH3 is 1. The van der Waals surface area contributed by atoms with E-state index in [1.54, 1.807) is 30.3 Å². The lowest BCUT2D eigenvalue weighted by Gasteiger charge is -2.31. The molecule has 0 saturated heterocycles. The fourth-order valence-electron chi connectivity index (χ4n) is 4.82. The van der Waals surface area contributed by atoms with Crippen LogP contribution in [0.2, 0.25) is 0 Å². The summed E-state index contributed by atoms with van der Waals surface area (Å²) in [6.07, 6.45) is 4.42. The quantitative estimate of drug-likeness (QED) is 0.213. The van der Waals surface area contributed by atoms with Crippen LogP contribution >= 0.6 is 0 Å². The van der Waals surface area contributed by atoms with Crippen LogP contribution in [0.15, 0.2) is 78.9 Å². The van der Waals surface area contributed by atoms with E-state index in [1.807, 2.05) is 53.4 Å². The molecule has 3 aromatic carbocycles. The Kier molecular flexibility index (Phi) is 10.3. The number of para-hydroxylation sites is 1. The van der Waals surface area contributed by atoms with Gasteiger partial charge in [0, 0.05) is 35.7 Å². The second-order valence-corrected chi connectivity index (χ2v) is 10.1. The van der Waals surface area contributed by atoms with Crippen molar-refractivity contribution in [3.05, 3.63) is 95.6 Å². The number of carbonyl (C=O) groups is 3. The third kappa shape index (κ3) is 7.50. The van der Waals surface area contributed by atoms with Crippen LogP contribution in [0.4, 0.5) is 5.69 Å². The first-order valence-electron chi connectivity index (χ1n) is 14.0. The smallest absolute Gasteiger partial charge is 0.328 e. The normalized spacial score (nSPS) is 13.6. The van der Waals surface area contributed by atoms with Crippen LogP contribution in [0.1, 0.15) is 54.1 Å². The Balaban J connectivity index is 1.38. The average Bonchev–Trinajstić information content (AvgIpc) is 2.96. The molecule has 4 rings (SSSR count). The van der Waals surface area contributed by atoms with E-state index in [4.69, 9.17) is 9.47 Å². The molecule has 210 valence electrons. The molecule has 1 aliphatic rings. The highest BCUT2D eigenvalue weighted by Gasteiger charge is 2.29. The van der Waals surface area contributed by atoms with E-state index in [0.717, 1.165) is 37.8 Å². The summed E-state index contributed by atoms with van der Waals surface area (Å²) in [5.74, 6) is 0.596. The fourth-order valence-corrected chi connectivity index (χ4v) is 4.82. The number of anilines is 1. The molecule has 0 radical (unpaired) electrons. The molecule has 0 spiro atoms. The molecule has 1 aliphatic carbocycles. The van der Waals surface area contributed by atoms with Gasteiger partial charge in [-0.15, -0.1) is 0 Å². The number of nitrogens with zero attached hydrogens (tertiary/aromatic N) is 1. The van der Waals surface area contributed by atoms with Crippen LogP contribution in [0.25, 0.3) is 0 Å². The lowest BCUT2D eigenvalue weighted by atomic mass is 9.84. The molecule has 7 nitrogen and oxygen atoms in total. The van der Waals surface area contributed by atoms with Gasteiger partial charge in [-0.1, -0.05) is 67.9 Å². The monoisotopic (exact) mass is 542 g/mol.